The van der Waals surface area contributed by atoms with Crippen molar-refractivity contribution in [1.29, 1.82) is 0 Å². The van der Waals surface area contributed by atoms with Crippen LogP contribution >= 0.6 is 0 Å². The van der Waals surface area contributed by atoms with Crippen LogP contribution in [0.3, 0.4) is 0 Å². The fraction of sp³-hybridized carbons (Fsp3) is 0.308. The highest BCUT2D eigenvalue weighted by atomic mass is 19.1. The number of hydrogen-bond acceptors (Lipinski definition) is 4. The van der Waals surface area contributed by atoms with Crippen LogP contribution in [0.15, 0.2) is 66.9 Å². The van der Waals surface area contributed by atoms with Crippen molar-refractivity contribution in [3.05, 3.63) is 95.2 Å². The van der Waals surface area contributed by atoms with Gasteiger partial charge in [-0.15, -0.1) is 0 Å². The Hall–Kier alpha value is -3.32. The Balaban J connectivity index is 1.32. The first kappa shape index (κ1) is 22.9. The van der Waals surface area contributed by atoms with Gasteiger partial charge in [0, 0.05) is 38.3 Å². The number of carbonyl (C=O) groups excluding carboxylic acids is 1. The molecule has 0 radical (unpaired) electrons. The third kappa shape index (κ3) is 5.93. The van der Waals surface area contributed by atoms with Crippen molar-refractivity contribution in [2.24, 2.45) is 5.73 Å². The van der Waals surface area contributed by atoms with Gasteiger partial charge in [-0.05, 0) is 66.9 Å². The van der Waals surface area contributed by atoms with Gasteiger partial charge in [-0.2, -0.15) is 0 Å². The molecule has 0 atom stereocenters. The molecule has 0 aliphatic carbocycles. The van der Waals surface area contributed by atoms with E-state index in [-0.39, 0.29) is 17.6 Å². The minimum Gasteiger partial charge on any atom is -0.366 e. The van der Waals surface area contributed by atoms with Crippen molar-refractivity contribution in [3.8, 4) is 0 Å². The lowest BCUT2D eigenvalue weighted by Gasteiger charge is -2.35. The predicted molar refractivity (Wildman–Crippen MR) is 125 cm³/mol. The third-order valence-corrected chi connectivity index (χ3v) is 6.24. The highest BCUT2D eigenvalue weighted by Gasteiger charge is 2.20. The maximum Gasteiger partial charge on any atom is 0.250 e. The smallest absolute Gasteiger partial charge is 0.250 e. The number of nitrogens with zero attached hydrogens (tertiary/aromatic N) is 3. The fourth-order valence-corrected chi connectivity index (χ4v) is 4.35. The number of hydrogen-bond donors (Lipinski definition) is 1. The Labute approximate surface area is 192 Å². The zero-order valence-electron chi connectivity index (χ0n) is 18.5. The second-order valence-electron chi connectivity index (χ2n) is 8.40. The third-order valence-electron chi connectivity index (χ3n) is 6.24. The lowest BCUT2D eigenvalue weighted by Crippen LogP contribution is -2.47. The summed E-state index contributed by atoms with van der Waals surface area (Å²) >= 11 is 0. The number of carbonyl (C=O) groups is 1. The van der Waals surface area contributed by atoms with E-state index in [0.717, 1.165) is 62.5 Å². The molecule has 172 valence electrons. The summed E-state index contributed by atoms with van der Waals surface area (Å²) in [6, 6.07) is 16.7. The zero-order chi connectivity index (χ0) is 23.2. The van der Waals surface area contributed by atoms with Crippen LogP contribution in [0.1, 0.15) is 40.2 Å². The number of rotatable bonds is 8. The molecule has 33 heavy (non-hydrogen) atoms. The van der Waals surface area contributed by atoms with Crippen LogP contribution in [0.5, 0.6) is 0 Å². The van der Waals surface area contributed by atoms with Gasteiger partial charge in [0.05, 0.1) is 5.56 Å². The Kier molecular flexibility index (Phi) is 7.29. The van der Waals surface area contributed by atoms with Crippen molar-refractivity contribution in [2.45, 2.75) is 18.8 Å². The average Bonchev–Trinajstić information content (AvgIpc) is 2.84. The van der Waals surface area contributed by atoms with E-state index in [1.54, 1.807) is 6.07 Å². The number of benzene rings is 2. The van der Waals surface area contributed by atoms with Crippen LogP contribution in [0.2, 0.25) is 0 Å². The van der Waals surface area contributed by atoms with Gasteiger partial charge in [0.25, 0.3) is 0 Å². The first-order chi connectivity index (χ1) is 16.0. The molecule has 1 aliphatic rings. The summed E-state index contributed by atoms with van der Waals surface area (Å²) in [6.45, 7) is 4.54. The molecule has 1 aromatic heterocycles. The number of primary amides is 1. The Morgan fingerprint density at radius 2 is 1.45 bits per heavy atom. The molecule has 4 rings (SSSR count). The van der Waals surface area contributed by atoms with E-state index >= 15 is 0 Å². The van der Waals surface area contributed by atoms with Crippen LogP contribution in [-0.2, 0) is 0 Å². The van der Waals surface area contributed by atoms with Gasteiger partial charge in [-0.3, -0.25) is 9.69 Å². The first-order valence-electron chi connectivity index (χ1n) is 11.2. The predicted octanol–water partition coefficient (Wildman–Crippen LogP) is 4.19. The normalized spacial score (nSPS) is 14.6. The fourth-order valence-electron chi connectivity index (χ4n) is 4.35. The van der Waals surface area contributed by atoms with Crippen molar-refractivity contribution in [1.82, 2.24) is 9.88 Å². The van der Waals surface area contributed by atoms with Crippen LogP contribution < -0.4 is 10.6 Å². The van der Waals surface area contributed by atoms with Gasteiger partial charge in [-0.1, -0.05) is 24.3 Å². The maximum absolute atomic E-state index is 13.4. The molecule has 0 saturated carbocycles. The van der Waals surface area contributed by atoms with Crippen molar-refractivity contribution in [3.63, 3.8) is 0 Å². The second-order valence-corrected chi connectivity index (χ2v) is 8.40. The van der Waals surface area contributed by atoms with Gasteiger partial charge in [0.2, 0.25) is 5.91 Å². The number of nitrogens with two attached hydrogens (primary N) is 1. The number of halogens is 2. The van der Waals surface area contributed by atoms with Gasteiger partial charge in [0.1, 0.15) is 17.5 Å². The molecule has 2 aromatic carbocycles. The first-order valence-corrected chi connectivity index (χ1v) is 11.2. The molecular weight excluding hydrogens is 422 g/mol. The van der Waals surface area contributed by atoms with Crippen molar-refractivity contribution in [2.75, 3.05) is 37.6 Å². The quantitative estimate of drug-likeness (QED) is 0.559. The van der Waals surface area contributed by atoms with Crippen LogP contribution in [0.4, 0.5) is 14.6 Å². The number of pyridine rings is 1. The standard InChI is InChI=1S/C26H28F2N4O/c27-22-8-3-19(4-9-22)24(20-5-10-23(28)11-6-20)2-1-13-31-14-16-32(17-15-31)25-12-7-21(18-30-25)26(29)33/h3-12,18,24H,1-2,13-17H2,(H2,29,33). The van der Waals surface area contributed by atoms with E-state index in [4.69, 9.17) is 5.73 Å². The highest BCUT2D eigenvalue weighted by molar-refractivity contribution is 5.92. The van der Waals surface area contributed by atoms with Crippen molar-refractivity contribution >= 4 is 11.7 Å². The molecule has 0 unspecified atom stereocenters. The van der Waals surface area contributed by atoms with E-state index in [9.17, 15) is 13.6 Å². The summed E-state index contributed by atoms with van der Waals surface area (Å²) in [7, 11) is 0. The molecule has 1 saturated heterocycles. The van der Waals surface area contributed by atoms with Gasteiger partial charge >= 0.3 is 0 Å². The zero-order valence-corrected chi connectivity index (χ0v) is 18.5. The lowest BCUT2D eigenvalue weighted by molar-refractivity contribution is 0.1000. The van der Waals surface area contributed by atoms with Crippen LogP contribution in [0.25, 0.3) is 0 Å². The molecule has 2 N–H and O–H groups in total. The molecule has 3 aromatic rings. The van der Waals surface area contributed by atoms with Crippen LogP contribution in [0, 0.1) is 11.6 Å². The van der Waals surface area contributed by atoms with E-state index in [2.05, 4.69) is 14.8 Å². The Morgan fingerprint density at radius 3 is 1.94 bits per heavy atom. The molecule has 0 bridgehead atoms. The molecule has 1 aliphatic heterocycles. The van der Waals surface area contributed by atoms with E-state index in [0.29, 0.717) is 5.56 Å². The largest absolute Gasteiger partial charge is 0.366 e. The molecule has 5 nitrogen and oxygen atoms in total. The summed E-state index contributed by atoms with van der Waals surface area (Å²) in [5, 5.41) is 0. The van der Waals surface area contributed by atoms with E-state index in [1.165, 1.54) is 30.5 Å². The maximum atomic E-state index is 13.4. The summed E-state index contributed by atoms with van der Waals surface area (Å²) in [5.74, 6) is -0.0345. The van der Waals surface area contributed by atoms with Gasteiger partial charge < -0.3 is 10.6 Å². The monoisotopic (exact) mass is 450 g/mol. The average molecular weight is 451 g/mol. The molecule has 0 spiro atoms. The number of anilines is 1. The lowest BCUT2D eigenvalue weighted by atomic mass is 9.87. The molecular formula is C26H28F2N4O. The van der Waals surface area contributed by atoms with E-state index in [1.807, 2.05) is 30.3 Å². The molecule has 2 heterocycles. The van der Waals surface area contributed by atoms with Gasteiger partial charge in [-0.25, -0.2) is 13.8 Å². The summed E-state index contributed by atoms with van der Waals surface area (Å²) < 4.78 is 26.8. The Bertz CT molecular complexity index is 1000. The number of amides is 1. The SMILES string of the molecule is NC(=O)c1ccc(N2CCN(CCCC(c3ccc(F)cc3)c3ccc(F)cc3)CC2)nc1. The molecule has 1 amide bonds. The van der Waals surface area contributed by atoms with Gasteiger partial charge in [0.15, 0.2) is 0 Å². The number of aromatic nitrogens is 1. The minimum atomic E-state index is -0.474. The summed E-state index contributed by atoms with van der Waals surface area (Å²) in [4.78, 5) is 20.2. The Morgan fingerprint density at radius 1 is 0.879 bits per heavy atom. The molecule has 1 fully saturated rings. The van der Waals surface area contributed by atoms with E-state index < -0.39 is 5.91 Å². The summed E-state index contributed by atoms with van der Waals surface area (Å²) in [6.07, 6.45) is 3.40. The summed E-state index contributed by atoms with van der Waals surface area (Å²) in [5.41, 5.74) is 7.77. The molecule has 7 heteroatoms. The van der Waals surface area contributed by atoms with Crippen molar-refractivity contribution < 1.29 is 13.6 Å². The number of piperazine rings is 1. The minimum absolute atomic E-state index is 0.0976. The highest BCUT2D eigenvalue weighted by Crippen LogP contribution is 2.30. The topological polar surface area (TPSA) is 62.5 Å². The second kappa shape index (κ2) is 10.5. The van der Waals surface area contributed by atoms with Crippen LogP contribution in [-0.4, -0.2) is 48.5 Å².